The first kappa shape index (κ1) is 9.67. The van der Waals surface area contributed by atoms with Crippen molar-refractivity contribution >= 4 is 11.5 Å². The molecule has 0 bridgehead atoms. The molecule has 13 heavy (non-hydrogen) atoms. The highest BCUT2D eigenvalue weighted by Crippen LogP contribution is 2.07. The average Bonchev–Trinajstić information content (AvgIpc) is 2.19. The SMILES string of the molecule is CN(CC(=O)CN)c1cccnc1. The summed E-state index contributed by atoms with van der Waals surface area (Å²) in [6.45, 7) is 0.423. The second-order valence-electron chi connectivity index (χ2n) is 2.81. The average molecular weight is 179 g/mol. The zero-order chi connectivity index (χ0) is 9.68. The van der Waals surface area contributed by atoms with Crippen molar-refractivity contribution in [3.8, 4) is 0 Å². The molecule has 0 fully saturated rings. The fourth-order valence-electron chi connectivity index (χ4n) is 1.000. The topological polar surface area (TPSA) is 59.2 Å². The number of ketones is 1. The number of likely N-dealkylation sites (N-methyl/N-ethyl adjacent to an activating group) is 1. The van der Waals surface area contributed by atoms with Crippen molar-refractivity contribution in [1.29, 1.82) is 0 Å². The number of pyridine rings is 1. The lowest BCUT2D eigenvalue weighted by atomic mass is 10.3. The molecule has 1 aromatic rings. The van der Waals surface area contributed by atoms with Crippen LogP contribution in [0, 0.1) is 0 Å². The van der Waals surface area contributed by atoms with Gasteiger partial charge < -0.3 is 10.6 Å². The Morgan fingerprint density at radius 1 is 1.69 bits per heavy atom. The molecule has 0 amide bonds. The minimum atomic E-state index is 0.0198. The van der Waals surface area contributed by atoms with Crippen LogP contribution in [0.1, 0.15) is 0 Å². The first-order valence-electron chi connectivity index (χ1n) is 4.07. The van der Waals surface area contributed by atoms with E-state index in [1.165, 1.54) is 0 Å². The lowest BCUT2D eigenvalue weighted by Crippen LogP contribution is -2.30. The summed E-state index contributed by atoms with van der Waals surface area (Å²) in [5.41, 5.74) is 6.13. The van der Waals surface area contributed by atoms with Gasteiger partial charge in [-0.3, -0.25) is 9.78 Å². The normalized spacial score (nSPS) is 9.69. The number of nitrogens with zero attached hydrogens (tertiary/aromatic N) is 2. The first-order valence-corrected chi connectivity index (χ1v) is 4.07. The molecular weight excluding hydrogens is 166 g/mol. The Labute approximate surface area is 77.4 Å². The van der Waals surface area contributed by atoms with E-state index in [0.29, 0.717) is 6.54 Å². The Kier molecular flexibility index (Phi) is 3.40. The van der Waals surface area contributed by atoms with Crippen LogP contribution in [0.5, 0.6) is 0 Å². The molecule has 0 unspecified atom stereocenters. The molecule has 1 aromatic heterocycles. The van der Waals surface area contributed by atoms with Crippen LogP contribution in [0.4, 0.5) is 5.69 Å². The molecule has 4 nitrogen and oxygen atoms in total. The monoisotopic (exact) mass is 179 g/mol. The van der Waals surface area contributed by atoms with Crippen LogP contribution in [0.25, 0.3) is 0 Å². The predicted molar refractivity (Wildman–Crippen MR) is 51.6 cm³/mol. The van der Waals surface area contributed by atoms with E-state index in [1.54, 1.807) is 12.4 Å². The minimum absolute atomic E-state index is 0.0198. The van der Waals surface area contributed by atoms with Gasteiger partial charge in [0.15, 0.2) is 5.78 Å². The summed E-state index contributed by atoms with van der Waals surface area (Å²) in [7, 11) is 1.84. The number of rotatable bonds is 4. The van der Waals surface area contributed by atoms with Crippen molar-refractivity contribution in [3.05, 3.63) is 24.5 Å². The molecular formula is C9H13N3O. The van der Waals surface area contributed by atoms with E-state index in [4.69, 9.17) is 5.73 Å². The second-order valence-corrected chi connectivity index (χ2v) is 2.81. The van der Waals surface area contributed by atoms with Gasteiger partial charge in [-0.15, -0.1) is 0 Å². The van der Waals surface area contributed by atoms with Gasteiger partial charge in [0.25, 0.3) is 0 Å². The van der Waals surface area contributed by atoms with Gasteiger partial charge in [0.1, 0.15) is 0 Å². The molecule has 2 N–H and O–H groups in total. The predicted octanol–water partition coefficient (Wildman–Crippen LogP) is 0.0456. The van der Waals surface area contributed by atoms with Crippen molar-refractivity contribution in [2.24, 2.45) is 5.73 Å². The maximum atomic E-state index is 11.0. The smallest absolute Gasteiger partial charge is 0.165 e. The quantitative estimate of drug-likeness (QED) is 0.709. The molecule has 0 atom stereocenters. The highest BCUT2D eigenvalue weighted by Gasteiger charge is 2.04. The van der Waals surface area contributed by atoms with Crippen LogP contribution in [0.3, 0.4) is 0 Å². The van der Waals surface area contributed by atoms with Gasteiger partial charge in [-0.1, -0.05) is 0 Å². The molecule has 0 saturated carbocycles. The highest BCUT2D eigenvalue weighted by atomic mass is 16.1. The summed E-state index contributed by atoms with van der Waals surface area (Å²) in [6, 6.07) is 3.73. The number of carbonyl (C=O) groups is 1. The van der Waals surface area contributed by atoms with Gasteiger partial charge in [0.2, 0.25) is 0 Å². The van der Waals surface area contributed by atoms with Crippen molar-refractivity contribution in [2.45, 2.75) is 0 Å². The van der Waals surface area contributed by atoms with Gasteiger partial charge >= 0.3 is 0 Å². The van der Waals surface area contributed by atoms with E-state index >= 15 is 0 Å². The van der Waals surface area contributed by atoms with E-state index in [0.717, 1.165) is 5.69 Å². The molecule has 70 valence electrons. The molecule has 1 rings (SSSR count). The molecule has 0 spiro atoms. The molecule has 0 aliphatic rings. The summed E-state index contributed by atoms with van der Waals surface area (Å²) in [5, 5.41) is 0. The first-order chi connectivity index (χ1) is 6.24. The van der Waals surface area contributed by atoms with Crippen LogP contribution in [-0.2, 0) is 4.79 Å². The molecule has 0 radical (unpaired) electrons. The fraction of sp³-hybridized carbons (Fsp3) is 0.333. The summed E-state index contributed by atoms with van der Waals surface area (Å²) in [4.78, 5) is 16.8. The van der Waals surface area contributed by atoms with Crippen LogP contribution >= 0.6 is 0 Å². The zero-order valence-corrected chi connectivity index (χ0v) is 7.60. The van der Waals surface area contributed by atoms with Gasteiger partial charge in [-0.05, 0) is 12.1 Å². The number of aromatic nitrogens is 1. The van der Waals surface area contributed by atoms with Crippen molar-refractivity contribution in [2.75, 3.05) is 25.0 Å². The van der Waals surface area contributed by atoms with Gasteiger partial charge in [-0.2, -0.15) is 0 Å². The van der Waals surface area contributed by atoms with Crippen molar-refractivity contribution < 1.29 is 4.79 Å². The third kappa shape index (κ3) is 2.83. The van der Waals surface area contributed by atoms with E-state index in [9.17, 15) is 4.79 Å². The fourth-order valence-corrected chi connectivity index (χ4v) is 1.000. The molecule has 0 aliphatic heterocycles. The Morgan fingerprint density at radius 3 is 3.00 bits per heavy atom. The maximum Gasteiger partial charge on any atom is 0.165 e. The van der Waals surface area contributed by atoms with Gasteiger partial charge in [0, 0.05) is 13.2 Å². The van der Waals surface area contributed by atoms with E-state index in [1.807, 2.05) is 24.1 Å². The Bertz CT molecular complexity index is 273. The Hall–Kier alpha value is -1.42. The Balaban J connectivity index is 2.59. The number of Topliss-reactive ketones (excluding diaryl/α,β-unsaturated/α-hetero) is 1. The standard InChI is InChI=1S/C9H13N3O/c1-12(7-9(13)5-10)8-3-2-4-11-6-8/h2-4,6H,5,7,10H2,1H3. The number of nitrogens with two attached hydrogens (primary N) is 1. The lowest BCUT2D eigenvalue weighted by molar-refractivity contribution is -0.116. The minimum Gasteiger partial charge on any atom is -0.366 e. The van der Waals surface area contributed by atoms with Crippen LogP contribution in [0.15, 0.2) is 24.5 Å². The number of carbonyl (C=O) groups excluding carboxylic acids is 1. The maximum absolute atomic E-state index is 11.0. The molecule has 0 saturated heterocycles. The lowest BCUT2D eigenvalue weighted by Gasteiger charge is -2.16. The molecule has 0 aromatic carbocycles. The zero-order valence-electron chi connectivity index (χ0n) is 7.60. The van der Waals surface area contributed by atoms with Crippen molar-refractivity contribution in [3.63, 3.8) is 0 Å². The van der Waals surface area contributed by atoms with Crippen LogP contribution in [-0.4, -0.2) is 30.9 Å². The number of anilines is 1. The third-order valence-corrected chi connectivity index (χ3v) is 1.73. The summed E-state index contributed by atoms with van der Waals surface area (Å²) in [5.74, 6) is 0.0198. The van der Waals surface area contributed by atoms with E-state index in [-0.39, 0.29) is 12.3 Å². The molecule has 4 heteroatoms. The largest absolute Gasteiger partial charge is 0.366 e. The van der Waals surface area contributed by atoms with Crippen LogP contribution in [0.2, 0.25) is 0 Å². The summed E-state index contributed by atoms with van der Waals surface area (Å²) in [6.07, 6.45) is 3.41. The number of hydrogen-bond donors (Lipinski definition) is 1. The van der Waals surface area contributed by atoms with Gasteiger partial charge in [-0.25, -0.2) is 0 Å². The van der Waals surface area contributed by atoms with E-state index < -0.39 is 0 Å². The third-order valence-electron chi connectivity index (χ3n) is 1.73. The van der Waals surface area contributed by atoms with Gasteiger partial charge in [0.05, 0.1) is 25.0 Å². The summed E-state index contributed by atoms with van der Waals surface area (Å²) >= 11 is 0. The Morgan fingerprint density at radius 2 is 2.46 bits per heavy atom. The summed E-state index contributed by atoms with van der Waals surface area (Å²) < 4.78 is 0. The highest BCUT2D eigenvalue weighted by molar-refractivity contribution is 5.84. The number of hydrogen-bond acceptors (Lipinski definition) is 4. The molecule has 0 aliphatic carbocycles. The molecule has 1 heterocycles. The van der Waals surface area contributed by atoms with Crippen molar-refractivity contribution in [1.82, 2.24) is 4.98 Å². The van der Waals surface area contributed by atoms with Crippen LogP contribution < -0.4 is 10.6 Å². The van der Waals surface area contributed by atoms with E-state index in [2.05, 4.69) is 4.98 Å². The second kappa shape index (κ2) is 4.57.